The van der Waals surface area contributed by atoms with E-state index in [2.05, 4.69) is 43.1 Å². The second-order valence-corrected chi connectivity index (χ2v) is 7.25. The Kier molecular flexibility index (Phi) is 7.73. The first-order valence-electron chi connectivity index (χ1n) is 9.19. The Morgan fingerprint density at radius 2 is 1.83 bits per heavy atom. The zero-order valence-corrected chi connectivity index (χ0v) is 15.3. The molecule has 1 fully saturated rings. The van der Waals surface area contributed by atoms with Crippen molar-refractivity contribution in [2.24, 2.45) is 5.92 Å². The molecule has 2 atom stereocenters. The average molecular weight is 332 g/mol. The number of morpholine rings is 1. The molecule has 0 saturated carbocycles. The molecule has 0 bridgehead atoms. The second kappa shape index (κ2) is 9.80. The number of nitrogens with one attached hydrogen (secondary N) is 1. The lowest BCUT2D eigenvalue weighted by Gasteiger charge is -2.35. The van der Waals surface area contributed by atoms with Crippen molar-refractivity contribution >= 4 is 5.91 Å². The van der Waals surface area contributed by atoms with Gasteiger partial charge in [0.1, 0.15) is 0 Å². The van der Waals surface area contributed by atoms with Gasteiger partial charge in [-0.15, -0.1) is 0 Å². The zero-order valence-electron chi connectivity index (χ0n) is 15.3. The van der Waals surface area contributed by atoms with Crippen LogP contribution in [0.4, 0.5) is 0 Å². The maximum absolute atomic E-state index is 12.3. The van der Waals surface area contributed by atoms with E-state index < -0.39 is 0 Å². The first-order valence-corrected chi connectivity index (χ1v) is 9.19. The first-order chi connectivity index (χ1) is 11.6. The zero-order chi connectivity index (χ0) is 17.4. The number of carbonyl (C=O) groups excluding carboxylic acids is 1. The second-order valence-electron chi connectivity index (χ2n) is 7.25. The summed E-state index contributed by atoms with van der Waals surface area (Å²) in [6.07, 6.45) is 1.65. The number of benzene rings is 1. The van der Waals surface area contributed by atoms with Gasteiger partial charge >= 0.3 is 0 Å². The lowest BCUT2D eigenvalue weighted by atomic mass is 9.97. The molecular weight excluding hydrogens is 300 g/mol. The van der Waals surface area contributed by atoms with Gasteiger partial charge in [-0.05, 0) is 23.8 Å². The van der Waals surface area contributed by atoms with Crippen LogP contribution >= 0.6 is 0 Å². The van der Waals surface area contributed by atoms with E-state index in [1.807, 2.05) is 18.2 Å². The fraction of sp³-hybridized carbons (Fsp3) is 0.650. The summed E-state index contributed by atoms with van der Waals surface area (Å²) >= 11 is 0. The summed E-state index contributed by atoms with van der Waals surface area (Å²) in [5, 5.41) is 3.16. The molecule has 2 rings (SSSR count). The van der Waals surface area contributed by atoms with Gasteiger partial charge in [-0.1, -0.05) is 51.1 Å². The van der Waals surface area contributed by atoms with Crippen molar-refractivity contribution < 1.29 is 9.53 Å². The Bertz CT molecular complexity index is 484. The molecule has 0 radical (unpaired) electrons. The van der Waals surface area contributed by atoms with Gasteiger partial charge < -0.3 is 10.1 Å². The molecule has 1 aliphatic heterocycles. The minimum atomic E-state index is 0.147. The summed E-state index contributed by atoms with van der Waals surface area (Å²) in [4.78, 5) is 14.8. The van der Waals surface area contributed by atoms with Crippen LogP contribution in [0.25, 0.3) is 0 Å². The fourth-order valence-corrected chi connectivity index (χ4v) is 3.33. The van der Waals surface area contributed by atoms with Crippen molar-refractivity contribution in [2.45, 2.75) is 45.6 Å². The number of hydrogen-bond acceptors (Lipinski definition) is 3. The topological polar surface area (TPSA) is 41.6 Å². The number of hydrogen-bond donors (Lipinski definition) is 1. The summed E-state index contributed by atoms with van der Waals surface area (Å²) in [6.45, 7) is 10.9. The Morgan fingerprint density at radius 3 is 2.46 bits per heavy atom. The number of ether oxygens (including phenoxy) is 1. The van der Waals surface area contributed by atoms with E-state index in [4.69, 9.17) is 4.74 Å². The van der Waals surface area contributed by atoms with Gasteiger partial charge in [0.25, 0.3) is 0 Å². The van der Waals surface area contributed by atoms with E-state index in [9.17, 15) is 4.79 Å². The molecular formula is C20H32N2O2. The molecule has 24 heavy (non-hydrogen) atoms. The van der Waals surface area contributed by atoms with Crippen LogP contribution in [0.3, 0.4) is 0 Å². The van der Waals surface area contributed by atoms with E-state index in [1.165, 1.54) is 5.56 Å². The van der Waals surface area contributed by atoms with Crippen molar-refractivity contribution in [1.82, 2.24) is 10.2 Å². The Balaban J connectivity index is 1.82. The largest absolute Gasteiger partial charge is 0.379 e. The molecule has 4 heteroatoms. The predicted molar refractivity (Wildman–Crippen MR) is 98.1 cm³/mol. The summed E-state index contributed by atoms with van der Waals surface area (Å²) in [5.74, 6) is 1.02. The Morgan fingerprint density at radius 1 is 1.17 bits per heavy atom. The molecule has 2 unspecified atom stereocenters. The van der Waals surface area contributed by atoms with Gasteiger partial charge in [0.2, 0.25) is 5.91 Å². The quantitative estimate of drug-likeness (QED) is 0.795. The molecule has 1 aromatic rings. The summed E-state index contributed by atoms with van der Waals surface area (Å²) in [5.41, 5.74) is 1.22. The molecule has 1 heterocycles. The standard InChI is InChI=1S/C20H32N2O2/c1-16(2)13-19(22-9-11-24-12-10-22)15-21-20(23)14-17(3)18-7-5-4-6-8-18/h4-8,16-17,19H,9-15H2,1-3H3,(H,21,23). The number of nitrogens with zero attached hydrogens (tertiary/aromatic N) is 1. The third-order valence-corrected chi connectivity index (χ3v) is 4.70. The summed E-state index contributed by atoms with van der Waals surface area (Å²) in [7, 11) is 0. The smallest absolute Gasteiger partial charge is 0.220 e. The molecule has 1 aliphatic rings. The van der Waals surface area contributed by atoms with E-state index in [0.717, 1.165) is 39.3 Å². The molecule has 0 aliphatic carbocycles. The molecule has 1 N–H and O–H groups in total. The minimum Gasteiger partial charge on any atom is -0.379 e. The van der Waals surface area contributed by atoms with Crippen molar-refractivity contribution in [3.05, 3.63) is 35.9 Å². The van der Waals surface area contributed by atoms with Crippen LogP contribution in [0.5, 0.6) is 0 Å². The number of amides is 1. The van der Waals surface area contributed by atoms with Crippen LogP contribution in [0.2, 0.25) is 0 Å². The molecule has 1 aromatic carbocycles. The van der Waals surface area contributed by atoms with Crippen LogP contribution in [-0.4, -0.2) is 49.7 Å². The molecule has 1 saturated heterocycles. The maximum Gasteiger partial charge on any atom is 0.220 e. The van der Waals surface area contributed by atoms with Crippen LogP contribution in [0.1, 0.15) is 45.1 Å². The lowest BCUT2D eigenvalue weighted by Crippen LogP contribution is -2.49. The normalized spacial score (nSPS) is 18.3. The highest BCUT2D eigenvalue weighted by Crippen LogP contribution is 2.18. The van der Waals surface area contributed by atoms with E-state index in [0.29, 0.717) is 18.4 Å². The first kappa shape index (κ1) is 18.9. The monoisotopic (exact) mass is 332 g/mol. The Hall–Kier alpha value is -1.39. The van der Waals surface area contributed by atoms with Crippen molar-refractivity contribution in [1.29, 1.82) is 0 Å². The Labute approximate surface area is 146 Å². The molecule has 1 amide bonds. The molecule has 4 nitrogen and oxygen atoms in total. The van der Waals surface area contributed by atoms with Gasteiger partial charge in [0, 0.05) is 32.1 Å². The van der Waals surface area contributed by atoms with Crippen LogP contribution in [-0.2, 0) is 9.53 Å². The summed E-state index contributed by atoms with van der Waals surface area (Å²) < 4.78 is 5.45. The van der Waals surface area contributed by atoms with Gasteiger partial charge in [0.15, 0.2) is 0 Å². The fourth-order valence-electron chi connectivity index (χ4n) is 3.33. The van der Waals surface area contributed by atoms with Crippen molar-refractivity contribution in [2.75, 3.05) is 32.8 Å². The highest BCUT2D eigenvalue weighted by atomic mass is 16.5. The third-order valence-electron chi connectivity index (χ3n) is 4.70. The van der Waals surface area contributed by atoms with Gasteiger partial charge in [-0.3, -0.25) is 9.69 Å². The average Bonchev–Trinajstić information content (AvgIpc) is 2.59. The van der Waals surface area contributed by atoms with E-state index in [1.54, 1.807) is 0 Å². The third kappa shape index (κ3) is 6.25. The highest BCUT2D eigenvalue weighted by molar-refractivity contribution is 5.76. The van der Waals surface area contributed by atoms with Crippen molar-refractivity contribution in [3.8, 4) is 0 Å². The number of carbonyl (C=O) groups is 1. The summed E-state index contributed by atoms with van der Waals surface area (Å²) in [6, 6.07) is 10.7. The van der Waals surface area contributed by atoms with Crippen LogP contribution < -0.4 is 5.32 Å². The van der Waals surface area contributed by atoms with Crippen molar-refractivity contribution in [3.63, 3.8) is 0 Å². The van der Waals surface area contributed by atoms with Crippen LogP contribution in [0.15, 0.2) is 30.3 Å². The maximum atomic E-state index is 12.3. The minimum absolute atomic E-state index is 0.147. The van der Waals surface area contributed by atoms with Gasteiger partial charge in [-0.2, -0.15) is 0 Å². The van der Waals surface area contributed by atoms with E-state index in [-0.39, 0.29) is 11.8 Å². The van der Waals surface area contributed by atoms with Gasteiger partial charge in [-0.25, -0.2) is 0 Å². The molecule has 134 valence electrons. The SMILES string of the molecule is CC(C)CC(CNC(=O)CC(C)c1ccccc1)N1CCOCC1. The van der Waals surface area contributed by atoms with Crippen LogP contribution in [0, 0.1) is 5.92 Å². The molecule has 0 aromatic heterocycles. The molecule has 0 spiro atoms. The lowest BCUT2D eigenvalue weighted by molar-refractivity contribution is -0.121. The van der Waals surface area contributed by atoms with Gasteiger partial charge in [0.05, 0.1) is 13.2 Å². The van der Waals surface area contributed by atoms with E-state index >= 15 is 0 Å². The highest BCUT2D eigenvalue weighted by Gasteiger charge is 2.22. The number of rotatable bonds is 8. The predicted octanol–water partition coefficient (Wildman–Crippen LogP) is 3.04.